The van der Waals surface area contributed by atoms with E-state index in [9.17, 15) is 4.79 Å². The van der Waals surface area contributed by atoms with Gasteiger partial charge in [-0.2, -0.15) is 0 Å². The number of aryl methyl sites for hydroxylation is 1. The molecule has 0 aliphatic carbocycles. The molecule has 0 saturated carbocycles. The van der Waals surface area contributed by atoms with Crippen LogP contribution in [-0.2, 0) is 4.79 Å². The summed E-state index contributed by atoms with van der Waals surface area (Å²) < 4.78 is 6.69. The fourth-order valence-corrected chi connectivity index (χ4v) is 3.11. The summed E-state index contributed by atoms with van der Waals surface area (Å²) >= 11 is 7.52. The first-order chi connectivity index (χ1) is 11.0. The maximum atomic E-state index is 12.3. The van der Waals surface area contributed by atoms with Crippen LogP contribution in [0, 0.1) is 6.92 Å². The third-order valence-corrected chi connectivity index (χ3v) is 4.55. The number of para-hydroxylation sites is 1. The average molecular weight is 347 g/mol. The van der Waals surface area contributed by atoms with E-state index >= 15 is 0 Å². The molecule has 0 radical (unpaired) electrons. The summed E-state index contributed by atoms with van der Waals surface area (Å²) in [5.41, 5.74) is 1.88. The van der Waals surface area contributed by atoms with E-state index in [1.54, 1.807) is 13.0 Å². The minimum atomic E-state index is -0.679. The average Bonchev–Trinajstić information content (AvgIpc) is 2.93. The number of aromatic nitrogens is 1. The number of carbonyl (C=O) groups excluding carboxylic acids is 1. The van der Waals surface area contributed by atoms with E-state index in [4.69, 9.17) is 16.3 Å². The molecule has 1 aromatic heterocycles. The Labute approximate surface area is 143 Å². The van der Waals surface area contributed by atoms with Gasteiger partial charge in [0.2, 0.25) is 0 Å². The zero-order valence-electron chi connectivity index (χ0n) is 12.7. The highest BCUT2D eigenvalue weighted by Gasteiger charge is 2.18. The van der Waals surface area contributed by atoms with Crippen molar-refractivity contribution in [2.75, 3.05) is 5.32 Å². The number of nitrogens with zero attached hydrogens (tertiary/aromatic N) is 1. The standard InChI is InChI=1S/C17H15ClN2O2S/c1-10-7-8-12(18)14(9-10)22-11(2)16(21)20-17-19-13-5-3-4-6-15(13)23-17/h3-9,11H,1-2H3,(H,19,20,21). The van der Waals surface area contributed by atoms with Gasteiger partial charge in [-0.15, -0.1) is 0 Å². The molecule has 3 aromatic rings. The number of ether oxygens (including phenoxy) is 1. The van der Waals surface area contributed by atoms with E-state index in [1.807, 2.05) is 43.3 Å². The molecule has 0 saturated heterocycles. The molecule has 4 nitrogen and oxygen atoms in total. The molecule has 6 heteroatoms. The smallest absolute Gasteiger partial charge is 0.266 e. The van der Waals surface area contributed by atoms with Crippen LogP contribution in [0.5, 0.6) is 5.75 Å². The van der Waals surface area contributed by atoms with Crippen LogP contribution in [0.2, 0.25) is 5.02 Å². The summed E-state index contributed by atoms with van der Waals surface area (Å²) in [5.74, 6) is 0.236. The van der Waals surface area contributed by atoms with E-state index in [-0.39, 0.29) is 5.91 Å². The number of amides is 1. The molecule has 1 N–H and O–H groups in total. The molecule has 1 unspecified atom stereocenters. The van der Waals surface area contributed by atoms with Gasteiger partial charge in [0, 0.05) is 0 Å². The lowest BCUT2D eigenvalue weighted by molar-refractivity contribution is -0.122. The van der Waals surface area contributed by atoms with Crippen LogP contribution >= 0.6 is 22.9 Å². The fourth-order valence-electron chi connectivity index (χ4n) is 2.08. The molecule has 0 fully saturated rings. The Bertz CT molecular complexity index is 830. The highest BCUT2D eigenvalue weighted by Crippen LogP contribution is 2.28. The second-order valence-corrected chi connectivity index (χ2v) is 6.61. The Balaban J connectivity index is 1.71. The predicted molar refractivity (Wildman–Crippen MR) is 94.5 cm³/mol. The molecule has 1 amide bonds. The first-order valence-corrected chi connectivity index (χ1v) is 8.31. The van der Waals surface area contributed by atoms with Gasteiger partial charge >= 0.3 is 0 Å². The maximum absolute atomic E-state index is 12.3. The molecule has 118 valence electrons. The number of hydrogen-bond donors (Lipinski definition) is 1. The van der Waals surface area contributed by atoms with E-state index < -0.39 is 6.10 Å². The molecule has 1 atom stereocenters. The molecule has 23 heavy (non-hydrogen) atoms. The number of fused-ring (bicyclic) bond motifs is 1. The van der Waals surface area contributed by atoms with Crippen molar-refractivity contribution in [2.45, 2.75) is 20.0 Å². The molecule has 2 aromatic carbocycles. The number of anilines is 1. The van der Waals surface area contributed by atoms with E-state index in [0.717, 1.165) is 15.8 Å². The first kappa shape index (κ1) is 15.8. The summed E-state index contributed by atoms with van der Waals surface area (Å²) in [4.78, 5) is 16.7. The fraction of sp³-hybridized carbons (Fsp3) is 0.176. The third kappa shape index (κ3) is 3.63. The minimum Gasteiger partial charge on any atom is -0.479 e. The number of hydrogen-bond acceptors (Lipinski definition) is 4. The van der Waals surface area contributed by atoms with Gasteiger partial charge < -0.3 is 4.74 Å². The zero-order chi connectivity index (χ0) is 16.4. The van der Waals surface area contributed by atoms with Gasteiger partial charge in [-0.25, -0.2) is 4.98 Å². The van der Waals surface area contributed by atoms with Crippen molar-refractivity contribution >= 4 is 44.2 Å². The Morgan fingerprint density at radius 1 is 1.30 bits per heavy atom. The lowest BCUT2D eigenvalue weighted by Gasteiger charge is -2.15. The van der Waals surface area contributed by atoms with Crippen LogP contribution in [0.15, 0.2) is 42.5 Å². The lowest BCUT2D eigenvalue weighted by Crippen LogP contribution is -2.30. The van der Waals surface area contributed by atoms with Crippen molar-refractivity contribution in [3.05, 3.63) is 53.1 Å². The maximum Gasteiger partial charge on any atom is 0.266 e. The summed E-state index contributed by atoms with van der Waals surface area (Å²) in [6.07, 6.45) is -0.679. The van der Waals surface area contributed by atoms with Crippen molar-refractivity contribution in [1.82, 2.24) is 4.98 Å². The number of benzene rings is 2. The predicted octanol–water partition coefficient (Wildman–Crippen LogP) is 4.66. The van der Waals surface area contributed by atoms with Crippen LogP contribution in [-0.4, -0.2) is 17.0 Å². The van der Waals surface area contributed by atoms with Crippen LogP contribution in [0.4, 0.5) is 5.13 Å². The van der Waals surface area contributed by atoms with Crippen molar-refractivity contribution in [1.29, 1.82) is 0 Å². The van der Waals surface area contributed by atoms with Crippen molar-refractivity contribution < 1.29 is 9.53 Å². The van der Waals surface area contributed by atoms with Crippen LogP contribution in [0.25, 0.3) is 10.2 Å². The number of carbonyl (C=O) groups is 1. The highest BCUT2D eigenvalue weighted by atomic mass is 35.5. The SMILES string of the molecule is Cc1ccc(Cl)c(OC(C)C(=O)Nc2nc3ccccc3s2)c1. The normalized spacial score (nSPS) is 12.1. The molecular formula is C17H15ClN2O2S. The number of nitrogens with one attached hydrogen (secondary N) is 1. The summed E-state index contributed by atoms with van der Waals surface area (Å²) in [6, 6.07) is 13.2. The molecule has 0 spiro atoms. The second-order valence-electron chi connectivity index (χ2n) is 5.17. The second kappa shape index (κ2) is 6.56. The lowest BCUT2D eigenvalue weighted by atomic mass is 10.2. The minimum absolute atomic E-state index is 0.262. The Kier molecular flexibility index (Phi) is 4.50. The molecular weight excluding hydrogens is 332 g/mol. The van der Waals surface area contributed by atoms with Crippen molar-refractivity contribution in [2.24, 2.45) is 0 Å². The van der Waals surface area contributed by atoms with Gasteiger partial charge in [0.15, 0.2) is 11.2 Å². The zero-order valence-corrected chi connectivity index (χ0v) is 14.2. The van der Waals surface area contributed by atoms with Crippen LogP contribution < -0.4 is 10.1 Å². The van der Waals surface area contributed by atoms with Gasteiger partial charge in [-0.05, 0) is 43.7 Å². The Morgan fingerprint density at radius 2 is 2.09 bits per heavy atom. The van der Waals surface area contributed by atoms with E-state index in [0.29, 0.717) is 15.9 Å². The van der Waals surface area contributed by atoms with Gasteiger partial charge in [0.1, 0.15) is 5.75 Å². The number of rotatable bonds is 4. The Hall–Kier alpha value is -2.11. The molecule has 0 aliphatic heterocycles. The Morgan fingerprint density at radius 3 is 2.87 bits per heavy atom. The van der Waals surface area contributed by atoms with Gasteiger partial charge in [-0.1, -0.05) is 41.1 Å². The number of halogens is 1. The van der Waals surface area contributed by atoms with Crippen LogP contribution in [0.3, 0.4) is 0 Å². The topological polar surface area (TPSA) is 51.2 Å². The van der Waals surface area contributed by atoms with Crippen LogP contribution in [0.1, 0.15) is 12.5 Å². The third-order valence-electron chi connectivity index (χ3n) is 3.28. The van der Waals surface area contributed by atoms with Crippen molar-refractivity contribution in [3.8, 4) is 5.75 Å². The van der Waals surface area contributed by atoms with E-state index in [1.165, 1.54) is 11.3 Å². The summed E-state index contributed by atoms with van der Waals surface area (Å²) in [6.45, 7) is 3.62. The molecule has 0 aliphatic rings. The molecule has 1 heterocycles. The largest absolute Gasteiger partial charge is 0.479 e. The first-order valence-electron chi connectivity index (χ1n) is 7.12. The summed E-state index contributed by atoms with van der Waals surface area (Å²) in [7, 11) is 0. The summed E-state index contributed by atoms with van der Waals surface area (Å²) in [5, 5.41) is 3.82. The molecule has 0 bridgehead atoms. The van der Waals surface area contributed by atoms with Gasteiger partial charge in [0.25, 0.3) is 5.91 Å². The van der Waals surface area contributed by atoms with Gasteiger partial charge in [-0.3, -0.25) is 10.1 Å². The highest BCUT2D eigenvalue weighted by molar-refractivity contribution is 7.22. The monoisotopic (exact) mass is 346 g/mol. The number of thiazole rings is 1. The van der Waals surface area contributed by atoms with E-state index in [2.05, 4.69) is 10.3 Å². The van der Waals surface area contributed by atoms with Gasteiger partial charge in [0.05, 0.1) is 15.2 Å². The quantitative estimate of drug-likeness (QED) is 0.747. The molecule has 3 rings (SSSR count). The van der Waals surface area contributed by atoms with Crippen molar-refractivity contribution in [3.63, 3.8) is 0 Å².